The molecule has 1 aromatic carbocycles. The van der Waals surface area contributed by atoms with Gasteiger partial charge in [0, 0.05) is 24.5 Å². The van der Waals surface area contributed by atoms with Crippen LogP contribution in [-0.4, -0.2) is 29.2 Å². The van der Waals surface area contributed by atoms with Gasteiger partial charge < -0.3 is 10.2 Å². The average Bonchev–Trinajstić information content (AvgIpc) is 2.89. The highest BCUT2D eigenvalue weighted by atomic mass is 16.2. The number of amides is 1. The molecule has 2 heterocycles. The first-order valence-corrected chi connectivity index (χ1v) is 8.78. The lowest BCUT2D eigenvalue weighted by Crippen LogP contribution is -2.26. The maximum atomic E-state index is 12.5. The number of aromatic nitrogens is 2. The van der Waals surface area contributed by atoms with Gasteiger partial charge in [-0.2, -0.15) is 5.10 Å². The third-order valence-corrected chi connectivity index (χ3v) is 4.79. The first-order valence-electron chi connectivity index (χ1n) is 8.78. The number of hydrogen-bond acceptors (Lipinski definition) is 4. The molecule has 2 aromatic rings. The number of carbonyl (C=O) groups excluding carboxylic acids is 1. The molecule has 25 heavy (non-hydrogen) atoms. The Balaban J connectivity index is 1.74. The molecule has 6 nitrogen and oxygen atoms in total. The molecule has 0 spiro atoms. The van der Waals surface area contributed by atoms with E-state index in [0.29, 0.717) is 16.9 Å². The van der Waals surface area contributed by atoms with Crippen molar-refractivity contribution in [1.82, 2.24) is 10.2 Å². The molecule has 0 unspecified atom stereocenters. The van der Waals surface area contributed by atoms with Crippen LogP contribution in [0.2, 0.25) is 0 Å². The summed E-state index contributed by atoms with van der Waals surface area (Å²) in [5, 5.41) is 9.04. The summed E-state index contributed by atoms with van der Waals surface area (Å²) < 4.78 is 0. The molecule has 1 aliphatic heterocycles. The molecule has 1 amide bonds. The summed E-state index contributed by atoms with van der Waals surface area (Å²) in [4.78, 5) is 26.8. The molecule has 0 radical (unpaired) electrons. The van der Waals surface area contributed by atoms with E-state index in [2.05, 4.69) is 20.4 Å². The van der Waals surface area contributed by atoms with Gasteiger partial charge in [-0.1, -0.05) is 12.8 Å². The van der Waals surface area contributed by atoms with Crippen LogP contribution >= 0.6 is 0 Å². The fraction of sp³-hybridized carbons (Fsp3) is 0.421. The number of benzene rings is 1. The Morgan fingerprint density at radius 1 is 1.08 bits per heavy atom. The number of carbonyl (C=O) groups is 1. The number of anilines is 2. The molecule has 1 saturated heterocycles. The van der Waals surface area contributed by atoms with E-state index < -0.39 is 11.5 Å². The molecule has 0 atom stereocenters. The van der Waals surface area contributed by atoms with E-state index in [1.807, 2.05) is 24.3 Å². The average molecular weight is 340 g/mol. The van der Waals surface area contributed by atoms with Crippen molar-refractivity contribution in [3.8, 4) is 0 Å². The second kappa shape index (κ2) is 7.51. The smallest absolute Gasteiger partial charge is 0.277 e. The van der Waals surface area contributed by atoms with Gasteiger partial charge in [0.15, 0.2) is 0 Å². The standard InChI is InChI=1S/C19H24N4O2/c1-13-14(2)21-22-19(25)17(13)18(24)20-15-7-9-16(10-8-15)23-11-5-3-4-6-12-23/h7-10H,3-6,11-12H2,1-2H3,(H,20,24)(H,22,25). The molecule has 2 N–H and O–H groups in total. The molecule has 1 aliphatic rings. The van der Waals surface area contributed by atoms with Crippen molar-refractivity contribution in [2.75, 3.05) is 23.3 Å². The quantitative estimate of drug-likeness (QED) is 0.900. The van der Waals surface area contributed by atoms with Crippen molar-refractivity contribution >= 4 is 17.3 Å². The van der Waals surface area contributed by atoms with Crippen molar-refractivity contribution in [3.63, 3.8) is 0 Å². The largest absolute Gasteiger partial charge is 0.372 e. The molecular weight excluding hydrogens is 316 g/mol. The Labute approximate surface area is 147 Å². The Kier molecular flexibility index (Phi) is 5.16. The molecule has 132 valence electrons. The van der Waals surface area contributed by atoms with Crippen LogP contribution in [0.3, 0.4) is 0 Å². The predicted molar refractivity (Wildman–Crippen MR) is 99.4 cm³/mol. The second-order valence-electron chi connectivity index (χ2n) is 6.54. The van der Waals surface area contributed by atoms with Gasteiger partial charge in [-0.05, 0) is 56.5 Å². The highest BCUT2D eigenvalue weighted by molar-refractivity contribution is 6.05. The Morgan fingerprint density at radius 3 is 2.36 bits per heavy atom. The molecule has 1 aromatic heterocycles. The first kappa shape index (κ1) is 17.2. The van der Waals surface area contributed by atoms with Crippen LogP contribution in [-0.2, 0) is 0 Å². The molecule has 0 aliphatic carbocycles. The zero-order valence-electron chi connectivity index (χ0n) is 14.8. The van der Waals surface area contributed by atoms with E-state index in [0.717, 1.165) is 13.1 Å². The summed E-state index contributed by atoms with van der Waals surface area (Å²) in [6.07, 6.45) is 5.04. The number of rotatable bonds is 3. The van der Waals surface area contributed by atoms with Gasteiger partial charge in [0.25, 0.3) is 11.5 Å². The van der Waals surface area contributed by atoms with E-state index in [9.17, 15) is 9.59 Å². The normalized spacial score (nSPS) is 14.9. The van der Waals surface area contributed by atoms with Crippen molar-refractivity contribution in [1.29, 1.82) is 0 Å². The van der Waals surface area contributed by atoms with Crippen molar-refractivity contribution < 1.29 is 4.79 Å². The van der Waals surface area contributed by atoms with E-state index >= 15 is 0 Å². The Morgan fingerprint density at radius 2 is 1.72 bits per heavy atom. The van der Waals surface area contributed by atoms with Gasteiger partial charge in [-0.25, -0.2) is 5.10 Å². The van der Waals surface area contributed by atoms with E-state index in [1.165, 1.54) is 31.4 Å². The molecule has 3 rings (SSSR count). The number of aromatic amines is 1. The third kappa shape index (κ3) is 3.90. The lowest BCUT2D eigenvalue weighted by molar-refractivity contribution is 0.102. The van der Waals surface area contributed by atoms with Gasteiger partial charge in [-0.15, -0.1) is 0 Å². The van der Waals surface area contributed by atoms with Crippen LogP contribution in [0.15, 0.2) is 29.1 Å². The molecule has 0 bridgehead atoms. The number of hydrogen-bond donors (Lipinski definition) is 2. The fourth-order valence-corrected chi connectivity index (χ4v) is 3.18. The van der Waals surface area contributed by atoms with Crippen molar-refractivity contribution in [3.05, 3.63) is 51.4 Å². The SMILES string of the molecule is Cc1n[nH]c(=O)c(C(=O)Nc2ccc(N3CCCCCC3)cc2)c1C. The van der Waals surface area contributed by atoms with E-state index in [1.54, 1.807) is 13.8 Å². The predicted octanol–water partition coefficient (Wildman–Crippen LogP) is 3.02. The minimum absolute atomic E-state index is 0.115. The van der Waals surface area contributed by atoms with Crippen molar-refractivity contribution in [2.45, 2.75) is 39.5 Å². The van der Waals surface area contributed by atoms with Crippen LogP contribution in [0, 0.1) is 13.8 Å². The number of nitrogens with one attached hydrogen (secondary N) is 2. The zero-order chi connectivity index (χ0) is 17.8. The Hall–Kier alpha value is -2.63. The lowest BCUT2D eigenvalue weighted by atomic mass is 10.1. The maximum Gasteiger partial charge on any atom is 0.277 e. The summed E-state index contributed by atoms with van der Waals surface area (Å²) in [5.74, 6) is -0.410. The molecule has 1 fully saturated rings. The lowest BCUT2D eigenvalue weighted by Gasteiger charge is -2.22. The van der Waals surface area contributed by atoms with Crippen LogP contribution in [0.25, 0.3) is 0 Å². The van der Waals surface area contributed by atoms with Gasteiger partial charge >= 0.3 is 0 Å². The summed E-state index contributed by atoms with van der Waals surface area (Å²) in [6, 6.07) is 7.82. The molecule has 6 heteroatoms. The maximum absolute atomic E-state index is 12.5. The third-order valence-electron chi connectivity index (χ3n) is 4.79. The van der Waals surface area contributed by atoms with Crippen LogP contribution in [0.5, 0.6) is 0 Å². The second-order valence-corrected chi connectivity index (χ2v) is 6.54. The highest BCUT2D eigenvalue weighted by Crippen LogP contribution is 2.22. The summed E-state index contributed by atoms with van der Waals surface area (Å²) in [6.45, 7) is 5.65. The summed E-state index contributed by atoms with van der Waals surface area (Å²) >= 11 is 0. The minimum Gasteiger partial charge on any atom is -0.372 e. The van der Waals surface area contributed by atoms with Gasteiger partial charge in [0.05, 0.1) is 5.69 Å². The van der Waals surface area contributed by atoms with Crippen LogP contribution < -0.4 is 15.8 Å². The highest BCUT2D eigenvalue weighted by Gasteiger charge is 2.16. The first-order chi connectivity index (χ1) is 12.1. The topological polar surface area (TPSA) is 78.1 Å². The van der Waals surface area contributed by atoms with Gasteiger partial charge in [0.1, 0.15) is 5.56 Å². The fourth-order valence-electron chi connectivity index (χ4n) is 3.18. The monoisotopic (exact) mass is 340 g/mol. The zero-order valence-corrected chi connectivity index (χ0v) is 14.8. The molecular formula is C19H24N4O2. The number of nitrogens with zero attached hydrogens (tertiary/aromatic N) is 2. The summed E-state index contributed by atoms with van der Waals surface area (Å²) in [5.41, 5.74) is 2.74. The number of aryl methyl sites for hydroxylation is 1. The van der Waals surface area contributed by atoms with Crippen molar-refractivity contribution in [2.24, 2.45) is 0 Å². The van der Waals surface area contributed by atoms with Gasteiger partial charge in [-0.3, -0.25) is 9.59 Å². The Bertz CT molecular complexity index is 803. The van der Waals surface area contributed by atoms with Crippen LogP contribution in [0.1, 0.15) is 47.3 Å². The summed E-state index contributed by atoms with van der Waals surface area (Å²) in [7, 11) is 0. The van der Waals surface area contributed by atoms with Crippen LogP contribution in [0.4, 0.5) is 11.4 Å². The van der Waals surface area contributed by atoms with E-state index in [-0.39, 0.29) is 5.56 Å². The van der Waals surface area contributed by atoms with Gasteiger partial charge in [0.2, 0.25) is 0 Å². The number of H-pyrrole nitrogens is 1. The van der Waals surface area contributed by atoms with E-state index in [4.69, 9.17) is 0 Å². The molecule has 0 saturated carbocycles. The minimum atomic E-state index is -0.471.